The van der Waals surface area contributed by atoms with Crippen molar-refractivity contribution in [2.45, 2.75) is 4.90 Å². The van der Waals surface area contributed by atoms with Crippen LogP contribution in [0.5, 0.6) is 0 Å². The molecule has 0 N–H and O–H groups in total. The fraction of sp³-hybridized carbons (Fsp3) is 0.250. The summed E-state index contributed by atoms with van der Waals surface area (Å²) in [4.78, 5) is 17.5. The van der Waals surface area contributed by atoms with Crippen LogP contribution in [0.3, 0.4) is 0 Å². The minimum absolute atomic E-state index is 0.0188. The van der Waals surface area contributed by atoms with E-state index in [2.05, 4.69) is 4.98 Å². The molecule has 0 saturated carbocycles. The number of hydrogen-bond donors (Lipinski definition) is 0. The second-order valence-electron chi connectivity index (χ2n) is 5.82. The van der Waals surface area contributed by atoms with Crippen molar-refractivity contribution in [3.8, 4) is 0 Å². The number of hydrogen-bond acceptors (Lipinski definition) is 4. The van der Waals surface area contributed by atoms with Gasteiger partial charge in [-0.15, -0.1) is 0 Å². The van der Waals surface area contributed by atoms with Gasteiger partial charge in [0.25, 0.3) is 5.91 Å². The van der Waals surface area contributed by atoms with Crippen molar-refractivity contribution >= 4 is 62.3 Å². The highest BCUT2D eigenvalue weighted by molar-refractivity contribution is 7.89. The molecule has 2 aromatic rings. The average Bonchev–Trinajstić information content (AvgIpc) is 2.69. The van der Waals surface area contributed by atoms with Crippen LogP contribution in [0.1, 0.15) is 10.5 Å². The topological polar surface area (TPSA) is 70.6 Å². The van der Waals surface area contributed by atoms with Crippen molar-refractivity contribution in [3.05, 3.63) is 56.0 Å². The lowest BCUT2D eigenvalue weighted by molar-refractivity contribution is 0.0692. The van der Waals surface area contributed by atoms with E-state index in [1.165, 1.54) is 23.1 Å². The molecule has 0 radical (unpaired) electrons. The van der Waals surface area contributed by atoms with Crippen LogP contribution in [0.15, 0.2) is 29.2 Å². The van der Waals surface area contributed by atoms with E-state index in [-0.39, 0.29) is 52.1 Å². The standard InChI is InChI=1S/C16H12Cl4FN3O3S/c17-11-12(18)14(22-15(20)13(11)19)16(25)23-5-7-24(8-6-23)28(26,27)10-4-2-1-3-9(10)21/h1-4H,5-8H2. The van der Waals surface area contributed by atoms with Gasteiger partial charge in [0, 0.05) is 26.2 Å². The van der Waals surface area contributed by atoms with Gasteiger partial charge in [0.15, 0.2) is 0 Å². The summed E-state index contributed by atoms with van der Waals surface area (Å²) in [5.74, 6) is -1.39. The number of nitrogens with zero attached hydrogens (tertiary/aromatic N) is 3. The highest BCUT2D eigenvalue weighted by atomic mass is 35.5. The van der Waals surface area contributed by atoms with Crippen molar-refractivity contribution in [2.75, 3.05) is 26.2 Å². The first kappa shape index (κ1) is 21.5. The van der Waals surface area contributed by atoms with E-state index >= 15 is 0 Å². The molecule has 0 spiro atoms. The molecule has 0 bridgehead atoms. The van der Waals surface area contributed by atoms with Crippen LogP contribution in [-0.4, -0.2) is 54.7 Å². The highest BCUT2D eigenvalue weighted by Gasteiger charge is 2.33. The van der Waals surface area contributed by atoms with Crippen molar-refractivity contribution in [3.63, 3.8) is 0 Å². The number of amides is 1. The third-order valence-corrected chi connectivity index (χ3v) is 7.78. The van der Waals surface area contributed by atoms with Crippen LogP contribution in [0.25, 0.3) is 0 Å². The molecule has 28 heavy (non-hydrogen) atoms. The smallest absolute Gasteiger partial charge is 0.274 e. The van der Waals surface area contributed by atoms with Crippen molar-refractivity contribution in [1.29, 1.82) is 0 Å². The Morgan fingerprint density at radius 2 is 1.57 bits per heavy atom. The Hall–Kier alpha value is -1.16. The SMILES string of the molecule is O=C(c1nc(Cl)c(Cl)c(Cl)c1Cl)N1CCN(S(=O)(=O)c2ccccc2F)CC1. The number of sulfonamides is 1. The van der Waals surface area contributed by atoms with E-state index in [0.29, 0.717) is 0 Å². The Bertz CT molecular complexity index is 1040. The third kappa shape index (κ3) is 3.94. The van der Waals surface area contributed by atoms with Crippen molar-refractivity contribution in [1.82, 2.24) is 14.2 Å². The van der Waals surface area contributed by atoms with Gasteiger partial charge in [-0.2, -0.15) is 4.31 Å². The Kier molecular flexibility index (Phi) is 6.38. The maximum absolute atomic E-state index is 13.9. The molecule has 1 fully saturated rings. The lowest BCUT2D eigenvalue weighted by atomic mass is 10.2. The number of pyridine rings is 1. The molecular weight excluding hydrogens is 475 g/mol. The zero-order chi connectivity index (χ0) is 20.6. The molecule has 12 heteroatoms. The molecule has 1 saturated heterocycles. The molecule has 150 valence electrons. The first-order valence-electron chi connectivity index (χ1n) is 7.88. The third-order valence-electron chi connectivity index (χ3n) is 4.17. The predicted octanol–water partition coefficient (Wildman–Crippen LogP) is 3.98. The van der Waals surface area contributed by atoms with Gasteiger partial charge in [0.1, 0.15) is 21.6 Å². The number of aromatic nitrogens is 1. The summed E-state index contributed by atoms with van der Waals surface area (Å²) in [6.07, 6.45) is 0. The van der Waals surface area contributed by atoms with Gasteiger partial charge in [-0.3, -0.25) is 4.79 Å². The monoisotopic (exact) mass is 485 g/mol. The van der Waals surface area contributed by atoms with Gasteiger partial charge < -0.3 is 4.90 Å². The fourth-order valence-corrected chi connectivity index (χ4v) is 5.00. The zero-order valence-electron chi connectivity index (χ0n) is 14.0. The molecule has 1 aliphatic heterocycles. The number of piperazine rings is 1. The molecule has 1 aliphatic rings. The second kappa shape index (κ2) is 8.30. The number of carbonyl (C=O) groups excluding carboxylic acids is 1. The summed E-state index contributed by atoms with van der Waals surface area (Å²) in [5.41, 5.74) is -0.175. The van der Waals surface area contributed by atoms with Gasteiger partial charge in [0.05, 0.1) is 15.1 Å². The van der Waals surface area contributed by atoms with Crippen LogP contribution in [0.4, 0.5) is 4.39 Å². The molecule has 0 aliphatic carbocycles. The molecule has 6 nitrogen and oxygen atoms in total. The maximum Gasteiger partial charge on any atom is 0.274 e. The van der Waals surface area contributed by atoms with Crippen LogP contribution in [0.2, 0.25) is 20.2 Å². The summed E-state index contributed by atoms with van der Waals surface area (Å²) in [6.45, 7) is 0.0783. The average molecular weight is 487 g/mol. The van der Waals surface area contributed by atoms with E-state index in [0.717, 1.165) is 10.4 Å². The Labute approximate surface area is 180 Å². The van der Waals surface area contributed by atoms with E-state index < -0.39 is 26.6 Å². The largest absolute Gasteiger partial charge is 0.335 e. The molecule has 1 aromatic heterocycles. The molecular formula is C16H12Cl4FN3O3S. The van der Waals surface area contributed by atoms with Crippen LogP contribution >= 0.6 is 46.4 Å². The summed E-state index contributed by atoms with van der Waals surface area (Å²) in [6, 6.07) is 5.12. The Morgan fingerprint density at radius 3 is 2.18 bits per heavy atom. The Morgan fingerprint density at radius 1 is 0.964 bits per heavy atom. The zero-order valence-corrected chi connectivity index (χ0v) is 17.8. The number of benzene rings is 1. The lowest BCUT2D eigenvalue weighted by Gasteiger charge is -2.34. The van der Waals surface area contributed by atoms with Crippen LogP contribution in [-0.2, 0) is 10.0 Å². The van der Waals surface area contributed by atoms with E-state index in [9.17, 15) is 17.6 Å². The lowest BCUT2D eigenvalue weighted by Crippen LogP contribution is -2.50. The Balaban J connectivity index is 1.78. The van der Waals surface area contributed by atoms with Gasteiger partial charge in [-0.1, -0.05) is 58.5 Å². The maximum atomic E-state index is 13.9. The highest BCUT2D eigenvalue weighted by Crippen LogP contribution is 2.36. The first-order valence-corrected chi connectivity index (χ1v) is 10.8. The molecule has 3 rings (SSSR count). The summed E-state index contributed by atoms with van der Waals surface area (Å²) in [5, 5.41) is -0.458. The summed E-state index contributed by atoms with van der Waals surface area (Å²) < 4.78 is 40.3. The molecule has 0 atom stereocenters. The molecule has 1 aromatic carbocycles. The fourth-order valence-electron chi connectivity index (χ4n) is 2.70. The van der Waals surface area contributed by atoms with E-state index in [4.69, 9.17) is 46.4 Å². The minimum atomic E-state index is -4.01. The van der Waals surface area contributed by atoms with Gasteiger partial charge in [-0.25, -0.2) is 17.8 Å². The number of carbonyl (C=O) groups is 1. The van der Waals surface area contributed by atoms with E-state index in [1.54, 1.807) is 0 Å². The number of halogens is 5. The van der Waals surface area contributed by atoms with Crippen molar-refractivity contribution < 1.29 is 17.6 Å². The van der Waals surface area contributed by atoms with Crippen LogP contribution in [0, 0.1) is 5.82 Å². The van der Waals surface area contributed by atoms with Crippen molar-refractivity contribution in [2.24, 2.45) is 0 Å². The van der Waals surface area contributed by atoms with Gasteiger partial charge in [-0.05, 0) is 12.1 Å². The summed E-state index contributed by atoms with van der Waals surface area (Å²) in [7, 11) is -4.01. The summed E-state index contributed by atoms with van der Waals surface area (Å²) >= 11 is 23.7. The van der Waals surface area contributed by atoms with E-state index in [1.807, 2.05) is 0 Å². The molecule has 2 heterocycles. The predicted molar refractivity (Wildman–Crippen MR) is 105 cm³/mol. The quantitative estimate of drug-likeness (QED) is 0.615. The molecule has 1 amide bonds. The van der Waals surface area contributed by atoms with Gasteiger partial charge in [0.2, 0.25) is 10.0 Å². The van der Waals surface area contributed by atoms with Crippen LogP contribution < -0.4 is 0 Å². The first-order chi connectivity index (χ1) is 13.1. The molecule has 0 unspecified atom stereocenters. The number of rotatable bonds is 3. The van der Waals surface area contributed by atoms with Gasteiger partial charge >= 0.3 is 0 Å². The second-order valence-corrected chi connectivity index (χ2v) is 9.22. The minimum Gasteiger partial charge on any atom is -0.335 e. The normalized spacial score (nSPS) is 15.7.